The molecule has 0 fully saturated rings. The highest BCUT2D eigenvalue weighted by molar-refractivity contribution is 5.50. The summed E-state index contributed by atoms with van der Waals surface area (Å²) in [5.41, 5.74) is 2.68. The van der Waals surface area contributed by atoms with Crippen LogP contribution < -0.4 is 4.90 Å². The van der Waals surface area contributed by atoms with E-state index in [0.717, 1.165) is 11.1 Å². The van der Waals surface area contributed by atoms with Crippen molar-refractivity contribution in [2.24, 2.45) is 0 Å². The number of alkyl halides is 3. The van der Waals surface area contributed by atoms with Crippen LogP contribution in [0.3, 0.4) is 0 Å². The predicted molar refractivity (Wildman–Crippen MR) is 55.2 cm³/mol. The first-order valence-corrected chi connectivity index (χ1v) is 4.65. The second-order valence-corrected chi connectivity index (χ2v) is 3.74. The Balaban J connectivity index is 2.83. The van der Waals surface area contributed by atoms with Gasteiger partial charge in [0.2, 0.25) is 0 Å². The van der Waals surface area contributed by atoms with E-state index < -0.39 is 12.7 Å². The monoisotopic (exact) mass is 217 g/mol. The van der Waals surface area contributed by atoms with E-state index in [0.29, 0.717) is 5.69 Å². The zero-order chi connectivity index (χ0) is 11.6. The van der Waals surface area contributed by atoms with E-state index in [9.17, 15) is 13.2 Å². The van der Waals surface area contributed by atoms with Crippen LogP contribution in [0.4, 0.5) is 18.9 Å². The smallest absolute Gasteiger partial charge is 0.366 e. The van der Waals surface area contributed by atoms with E-state index >= 15 is 0 Å². The molecule has 0 amide bonds. The molecule has 0 saturated carbocycles. The highest BCUT2D eigenvalue weighted by Gasteiger charge is 2.29. The van der Waals surface area contributed by atoms with Gasteiger partial charge in [0.15, 0.2) is 0 Å². The van der Waals surface area contributed by atoms with Crippen LogP contribution in [0.1, 0.15) is 11.1 Å². The predicted octanol–water partition coefficient (Wildman–Crippen LogP) is 3.30. The number of hydrogen-bond donors (Lipinski definition) is 0. The summed E-state index contributed by atoms with van der Waals surface area (Å²) in [6, 6.07) is 5.30. The molecule has 1 rings (SSSR count). The molecule has 1 aromatic carbocycles. The Hall–Kier alpha value is -1.19. The zero-order valence-electron chi connectivity index (χ0n) is 9.02. The first-order chi connectivity index (χ1) is 6.79. The van der Waals surface area contributed by atoms with Gasteiger partial charge in [-0.2, -0.15) is 13.2 Å². The number of halogens is 3. The van der Waals surface area contributed by atoms with Crippen molar-refractivity contribution in [2.75, 3.05) is 18.5 Å². The highest BCUT2D eigenvalue weighted by Crippen LogP contribution is 2.22. The second kappa shape index (κ2) is 4.13. The van der Waals surface area contributed by atoms with Crippen LogP contribution in [0, 0.1) is 13.8 Å². The Kier molecular flexibility index (Phi) is 3.27. The average Bonchev–Trinajstić information content (AvgIpc) is 2.06. The highest BCUT2D eigenvalue weighted by atomic mass is 19.4. The Morgan fingerprint density at radius 2 is 1.73 bits per heavy atom. The number of nitrogens with zero attached hydrogens (tertiary/aromatic N) is 1. The topological polar surface area (TPSA) is 3.24 Å². The molecule has 84 valence electrons. The van der Waals surface area contributed by atoms with Gasteiger partial charge in [-0.3, -0.25) is 0 Å². The van der Waals surface area contributed by atoms with Crippen LogP contribution in [-0.2, 0) is 0 Å². The molecular weight excluding hydrogens is 203 g/mol. The van der Waals surface area contributed by atoms with Crippen molar-refractivity contribution in [3.8, 4) is 0 Å². The maximum absolute atomic E-state index is 12.1. The molecule has 1 nitrogen and oxygen atoms in total. The molecule has 0 heterocycles. The number of aryl methyl sites for hydroxylation is 2. The summed E-state index contributed by atoms with van der Waals surface area (Å²) < 4.78 is 36.4. The Morgan fingerprint density at radius 3 is 2.20 bits per heavy atom. The molecule has 0 aromatic heterocycles. The molecule has 1 aromatic rings. The van der Waals surface area contributed by atoms with Gasteiger partial charge in [0, 0.05) is 12.7 Å². The first kappa shape index (κ1) is 11.9. The fraction of sp³-hybridized carbons (Fsp3) is 0.455. The number of rotatable bonds is 2. The van der Waals surface area contributed by atoms with Crippen molar-refractivity contribution in [3.63, 3.8) is 0 Å². The lowest BCUT2D eigenvalue weighted by atomic mass is 10.1. The Morgan fingerprint density at radius 1 is 1.13 bits per heavy atom. The van der Waals surface area contributed by atoms with Gasteiger partial charge < -0.3 is 4.90 Å². The second-order valence-electron chi connectivity index (χ2n) is 3.74. The van der Waals surface area contributed by atoms with E-state index in [1.165, 1.54) is 11.9 Å². The molecule has 4 heteroatoms. The van der Waals surface area contributed by atoms with Gasteiger partial charge in [-0.15, -0.1) is 0 Å². The van der Waals surface area contributed by atoms with E-state index in [4.69, 9.17) is 0 Å². The minimum absolute atomic E-state index is 0.593. The van der Waals surface area contributed by atoms with Gasteiger partial charge in [-0.1, -0.05) is 6.07 Å². The van der Waals surface area contributed by atoms with E-state index in [1.807, 2.05) is 19.9 Å². The van der Waals surface area contributed by atoms with Crippen LogP contribution in [0.5, 0.6) is 0 Å². The van der Waals surface area contributed by atoms with Crippen molar-refractivity contribution < 1.29 is 13.2 Å². The van der Waals surface area contributed by atoms with Crippen molar-refractivity contribution in [1.29, 1.82) is 0 Å². The minimum Gasteiger partial charge on any atom is -0.366 e. The summed E-state index contributed by atoms with van der Waals surface area (Å²) in [4.78, 5) is 1.20. The van der Waals surface area contributed by atoms with Gasteiger partial charge in [-0.25, -0.2) is 0 Å². The molecule has 0 atom stereocenters. The van der Waals surface area contributed by atoms with Crippen LogP contribution in [-0.4, -0.2) is 19.8 Å². The van der Waals surface area contributed by atoms with Gasteiger partial charge in [-0.05, 0) is 37.1 Å². The SMILES string of the molecule is Cc1ccc(N(C)CC(F)(F)F)cc1C. The van der Waals surface area contributed by atoms with Crippen LogP contribution >= 0.6 is 0 Å². The zero-order valence-corrected chi connectivity index (χ0v) is 9.02. The summed E-state index contributed by atoms with van der Waals surface area (Å²) in [5.74, 6) is 0. The van der Waals surface area contributed by atoms with E-state index in [1.54, 1.807) is 12.1 Å². The summed E-state index contributed by atoms with van der Waals surface area (Å²) in [5, 5.41) is 0. The molecule has 15 heavy (non-hydrogen) atoms. The third-order valence-corrected chi connectivity index (χ3v) is 2.35. The van der Waals surface area contributed by atoms with Crippen molar-refractivity contribution in [1.82, 2.24) is 0 Å². The molecule has 0 aliphatic carbocycles. The van der Waals surface area contributed by atoms with Crippen LogP contribution in [0.25, 0.3) is 0 Å². The number of hydrogen-bond acceptors (Lipinski definition) is 1. The van der Waals surface area contributed by atoms with Crippen molar-refractivity contribution in [2.45, 2.75) is 20.0 Å². The maximum Gasteiger partial charge on any atom is 0.405 e. The van der Waals surface area contributed by atoms with Gasteiger partial charge in [0.1, 0.15) is 6.54 Å². The largest absolute Gasteiger partial charge is 0.405 e. The normalized spacial score (nSPS) is 11.6. The molecule has 0 aliphatic heterocycles. The summed E-state index contributed by atoms with van der Waals surface area (Å²) in [6.45, 7) is 2.90. The fourth-order valence-corrected chi connectivity index (χ4v) is 1.32. The molecule has 0 radical (unpaired) electrons. The molecule has 0 aliphatic rings. The van der Waals surface area contributed by atoms with Gasteiger partial charge in [0.25, 0.3) is 0 Å². The lowest BCUT2D eigenvalue weighted by Crippen LogP contribution is -2.30. The third-order valence-electron chi connectivity index (χ3n) is 2.35. The van der Waals surface area contributed by atoms with Crippen LogP contribution in [0.15, 0.2) is 18.2 Å². The quantitative estimate of drug-likeness (QED) is 0.734. The van der Waals surface area contributed by atoms with E-state index in [-0.39, 0.29) is 0 Å². The summed E-state index contributed by atoms with van der Waals surface area (Å²) in [6.07, 6.45) is -4.16. The molecule has 0 N–H and O–H groups in total. The average molecular weight is 217 g/mol. The number of benzene rings is 1. The molecule has 0 spiro atoms. The van der Waals surface area contributed by atoms with Gasteiger partial charge >= 0.3 is 6.18 Å². The number of anilines is 1. The van der Waals surface area contributed by atoms with Crippen molar-refractivity contribution in [3.05, 3.63) is 29.3 Å². The van der Waals surface area contributed by atoms with Crippen molar-refractivity contribution >= 4 is 5.69 Å². The Labute approximate surface area is 87.5 Å². The summed E-state index contributed by atoms with van der Waals surface area (Å²) in [7, 11) is 1.44. The molecule has 0 bridgehead atoms. The maximum atomic E-state index is 12.1. The molecular formula is C11H14F3N. The third kappa shape index (κ3) is 3.46. The lowest BCUT2D eigenvalue weighted by Gasteiger charge is -2.21. The van der Waals surface area contributed by atoms with Crippen LogP contribution in [0.2, 0.25) is 0 Å². The summed E-state index contributed by atoms with van der Waals surface area (Å²) >= 11 is 0. The Bertz CT molecular complexity index is 344. The lowest BCUT2D eigenvalue weighted by molar-refractivity contribution is -0.119. The first-order valence-electron chi connectivity index (χ1n) is 4.65. The minimum atomic E-state index is -4.16. The van der Waals surface area contributed by atoms with E-state index in [2.05, 4.69) is 0 Å². The standard InChI is InChI=1S/C11H14F3N/c1-8-4-5-10(6-9(8)2)15(3)7-11(12,13)14/h4-6H,7H2,1-3H3. The fourth-order valence-electron chi connectivity index (χ4n) is 1.32. The van der Waals surface area contributed by atoms with Gasteiger partial charge in [0.05, 0.1) is 0 Å². The molecule has 0 saturated heterocycles. The molecule has 0 unspecified atom stereocenters.